The Morgan fingerprint density at radius 2 is 1.92 bits per heavy atom. The van der Waals surface area contributed by atoms with E-state index in [4.69, 9.17) is 5.73 Å². The van der Waals surface area contributed by atoms with Gasteiger partial charge in [0.1, 0.15) is 18.3 Å². The van der Waals surface area contributed by atoms with Gasteiger partial charge in [-0.25, -0.2) is 0 Å². The summed E-state index contributed by atoms with van der Waals surface area (Å²) in [6.45, 7) is 3.85. The van der Waals surface area contributed by atoms with Crippen molar-refractivity contribution in [2.24, 2.45) is 0 Å². The number of benzene rings is 1. The smallest absolute Gasteiger partial charge is 0.242 e. The van der Waals surface area contributed by atoms with Gasteiger partial charge in [-0.05, 0) is 31.4 Å². The van der Waals surface area contributed by atoms with Gasteiger partial charge in [0.2, 0.25) is 5.91 Å². The molecule has 0 unspecified atom stereocenters. The van der Waals surface area contributed by atoms with Crippen molar-refractivity contribution in [3.05, 3.63) is 52.8 Å². The lowest BCUT2D eigenvalue weighted by Gasteiger charge is -2.22. The molecule has 1 fully saturated rings. The first-order valence-corrected chi connectivity index (χ1v) is 9.30. The highest BCUT2D eigenvalue weighted by atomic mass is 16.2. The first-order chi connectivity index (χ1) is 12.6. The molecule has 2 N–H and O–H groups in total. The zero-order valence-electron chi connectivity index (χ0n) is 15.4. The molecule has 0 saturated carbocycles. The van der Waals surface area contributed by atoms with E-state index in [1.807, 2.05) is 17.0 Å². The molecule has 1 aliphatic rings. The van der Waals surface area contributed by atoms with Gasteiger partial charge in [0, 0.05) is 25.2 Å². The average Bonchev–Trinajstić information content (AvgIpc) is 2.82. The van der Waals surface area contributed by atoms with E-state index in [0.717, 1.165) is 37.2 Å². The summed E-state index contributed by atoms with van der Waals surface area (Å²) in [5, 5.41) is 9.48. The van der Waals surface area contributed by atoms with Crippen molar-refractivity contribution in [3.63, 3.8) is 0 Å². The number of aromatic nitrogens is 1. The fraction of sp³-hybridized carbons (Fsp3) is 0.429. The SMILES string of the molecule is Cc1cccc(Cc2c(N)cc(C#N)n2CC(=O)N2CCCCCC2)c1. The Labute approximate surface area is 155 Å². The number of nitrogens with zero attached hydrogens (tertiary/aromatic N) is 3. The number of hydrogen-bond acceptors (Lipinski definition) is 3. The number of amides is 1. The predicted molar refractivity (Wildman–Crippen MR) is 103 cm³/mol. The minimum absolute atomic E-state index is 0.0736. The van der Waals surface area contributed by atoms with E-state index in [9.17, 15) is 10.1 Å². The Bertz CT molecular complexity index is 823. The number of aryl methyl sites for hydroxylation is 1. The molecule has 1 amide bonds. The van der Waals surface area contributed by atoms with Crippen LogP contribution in [0.3, 0.4) is 0 Å². The van der Waals surface area contributed by atoms with Crippen LogP contribution in [0.15, 0.2) is 30.3 Å². The minimum Gasteiger partial charge on any atom is -0.397 e. The van der Waals surface area contributed by atoms with Gasteiger partial charge in [0.05, 0.1) is 5.69 Å². The van der Waals surface area contributed by atoms with Gasteiger partial charge in [-0.15, -0.1) is 0 Å². The fourth-order valence-corrected chi connectivity index (χ4v) is 3.65. The monoisotopic (exact) mass is 350 g/mol. The first kappa shape index (κ1) is 18.1. The van der Waals surface area contributed by atoms with Crippen molar-refractivity contribution in [2.75, 3.05) is 18.8 Å². The van der Waals surface area contributed by atoms with E-state index in [0.29, 0.717) is 17.8 Å². The van der Waals surface area contributed by atoms with Crippen LogP contribution in [-0.2, 0) is 17.8 Å². The summed E-state index contributed by atoms with van der Waals surface area (Å²) in [5.41, 5.74) is 10.4. The van der Waals surface area contributed by atoms with Crippen molar-refractivity contribution >= 4 is 11.6 Å². The highest BCUT2D eigenvalue weighted by Gasteiger charge is 2.20. The van der Waals surface area contributed by atoms with Gasteiger partial charge in [-0.2, -0.15) is 5.26 Å². The molecule has 5 nitrogen and oxygen atoms in total. The molecule has 5 heteroatoms. The summed E-state index contributed by atoms with van der Waals surface area (Å²) in [4.78, 5) is 14.7. The van der Waals surface area contributed by atoms with Gasteiger partial charge < -0.3 is 15.2 Å². The molecule has 1 saturated heterocycles. The maximum absolute atomic E-state index is 12.8. The Morgan fingerprint density at radius 1 is 1.19 bits per heavy atom. The molecule has 0 radical (unpaired) electrons. The molecular formula is C21H26N4O. The Morgan fingerprint density at radius 3 is 2.58 bits per heavy atom. The van der Waals surface area contributed by atoms with E-state index in [2.05, 4.69) is 25.1 Å². The number of nitrogens with two attached hydrogens (primary N) is 1. The van der Waals surface area contributed by atoms with Gasteiger partial charge in [-0.1, -0.05) is 42.7 Å². The van der Waals surface area contributed by atoms with E-state index in [1.54, 1.807) is 10.6 Å². The van der Waals surface area contributed by atoms with E-state index in [-0.39, 0.29) is 12.5 Å². The summed E-state index contributed by atoms with van der Waals surface area (Å²) in [5.74, 6) is 0.0736. The van der Waals surface area contributed by atoms with Crippen molar-refractivity contribution in [2.45, 2.75) is 45.6 Å². The van der Waals surface area contributed by atoms with Crippen LogP contribution in [0.1, 0.15) is 48.2 Å². The van der Waals surface area contributed by atoms with Crippen LogP contribution in [0.4, 0.5) is 5.69 Å². The molecule has 1 aliphatic heterocycles. The quantitative estimate of drug-likeness (QED) is 0.920. The van der Waals surface area contributed by atoms with Gasteiger partial charge in [0.15, 0.2) is 0 Å². The maximum atomic E-state index is 12.8. The van der Waals surface area contributed by atoms with Gasteiger partial charge >= 0.3 is 0 Å². The number of carbonyl (C=O) groups is 1. The second kappa shape index (κ2) is 8.09. The molecule has 26 heavy (non-hydrogen) atoms. The van der Waals surface area contributed by atoms with Crippen LogP contribution in [-0.4, -0.2) is 28.5 Å². The normalized spacial score (nSPS) is 14.7. The summed E-state index contributed by atoms with van der Waals surface area (Å²) in [7, 11) is 0. The molecular weight excluding hydrogens is 324 g/mol. The Balaban J connectivity index is 1.85. The first-order valence-electron chi connectivity index (χ1n) is 9.30. The molecule has 0 spiro atoms. The maximum Gasteiger partial charge on any atom is 0.242 e. The number of rotatable bonds is 4. The van der Waals surface area contributed by atoms with Crippen molar-refractivity contribution < 1.29 is 4.79 Å². The lowest BCUT2D eigenvalue weighted by molar-refractivity contribution is -0.131. The summed E-state index contributed by atoms with van der Waals surface area (Å²) in [6.07, 6.45) is 5.09. The second-order valence-electron chi connectivity index (χ2n) is 7.09. The van der Waals surface area contributed by atoms with Crippen LogP contribution < -0.4 is 5.73 Å². The third-order valence-corrected chi connectivity index (χ3v) is 5.06. The lowest BCUT2D eigenvalue weighted by Crippen LogP contribution is -2.35. The largest absolute Gasteiger partial charge is 0.397 e. The minimum atomic E-state index is 0.0736. The Hall–Kier alpha value is -2.74. The predicted octanol–water partition coefficient (Wildman–Crippen LogP) is 3.24. The van der Waals surface area contributed by atoms with Gasteiger partial charge in [-0.3, -0.25) is 4.79 Å². The van der Waals surface area contributed by atoms with Crippen LogP contribution >= 0.6 is 0 Å². The molecule has 3 rings (SSSR count). The number of nitriles is 1. The number of carbonyl (C=O) groups excluding carboxylic acids is 1. The Kier molecular flexibility index (Phi) is 5.62. The molecule has 0 aliphatic carbocycles. The molecule has 2 heterocycles. The van der Waals surface area contributed by atoms with Crippen molar-refractivity contribution in [3.8, 4) is 6.07 Å². The highest BCUT2D eigenvalue weighted by Crippen LogP contribution is 2.23. The van der Waals surface area contributed by atoms with Crippen LogP contribution in [0.25, 0.3) is 0 Å². The number of anilines is 1. The van der Waals surface area contributed by atoms with E-state index < -0.39 is 0 Å². The zero-order chi connectivity index (χ0) is 18.5. The number of likely N-dealkylation sites (tertiary alicyclic amines) is 1. The molecule has 1 aromatic carbocycles. The van der Waals surface area contributed by atoms with Crippen molar-refractivity contribution in [1.82, 2.24) is 9.47 Å². The van der Waals surface area contributed by atoms with Gasteiger partial charge in [0.25, 0.3) is 0 Å². The molecule has 2 aromatic rings. The molecule has 0 atom stereocenters. The lowest BCUT2D eigenvalue weighted by atomic mass is 10.1. The van der Waals surface area contributed by atoms with E-state index >= 15 is 0 Å². The topological polar surface area (TPSA) is 75.0 Å². The van der Waals surface area contributed by atoms with Crippen LogP contribution in [0.5, 0.6) is 0 Å². The third kappa shape index (κ3) is 4.08. The zero-order valence-corrected chi connectivity index (χ0v) is 15.4. The highest BCUT2D eigenvalue weighted by molar-refractivity contribution is 5.77. The fourth-order valence-electron chi connectivity index (χ4n) is 3.65. The number of nitrogen functional groups attached to an aromatic ring is 1. The van der Waals surface area contributed by atoms with Crippen molar-refractivity contribution in [1.29, 1.82) is 5.26 Å². The molecule has 0 bridgehead atoms. The third-order valence-electron chi connectivity index (χ3n) is 5.06. The standard InChI is InChI=1S/C21H26N4O/c1-16-7-6-8-17(11-16)12-20-19(23)13-18(14-22)25(20)15-21(26)24-9-4-2-3-5-10-24/h6-8,11,13H,2-5,9-10,12,15,23H2,1H3. The summed E-state index contributed by atoms with van der Waals surface area (Å²) < 4.78 is 1.80. The molecule has 136 valence electrons. The van der Waals surface area contributed by atoms with E-state index in [1.165, 1.54) is 18.4 Å². The molecule has 1 aromatic heterocycles. The summed E-state index contributed by atoms with van der Waals surface area (Å²) in [6, 6.07) is 12.1. The average molecular weight is 350 g/mol. The van der Waals surface area contributed by atoms with Crippen LogP contribution in [0, 0.1) is 18.3 Å². The number of hydrogen-bond donors (Lipinski definition) is 1. The second-order valence-corrected chi connectivity index (χ2v) is 7.09. The van der Waals surface area contributed by atoms with Crippen LogP contribution in [0.2, 0.25) is 0 Å². The summed E-state index contributed by atoms with van der Waals surface area (Å²) >= 11 is 0.